The Hall–Kier alpha value is -0.530. The van der Waals surface area contributed by atoms with Crippen molar-refractivity contribution in [2.45, 2.75) is 24.0 Å². The third kappa shape index (κ3) is 2.41. The summed E-state index contributed by atoms with van der Waals surface area (Å²) < 4.78 is 13.4. The van der Waals surface area contributed by atoms with Crippen LogP contribution in [0.5, 0.6) is 0 Å². The molecule has 1 aromatic rings. The van der Waals surface area contributed by atoms with Gasteiger partial charge in [0.15, 0.2) is 0 Å². The molecule has 0 radical (unpaired) electrons. The molecule has 0 aromatic heterocycles. The molecule has 1 saturated heterocycles. The van der Waals surface area contributed by atoms with E-state index < -0.39 is 0 Å². The third-order valence-corrected chi connectivity index (χ3v) is 5.02. The summed E-state index contributed by atoms with van der Waals surface area (Å²) in [5, 5.41) is 9.26. The predicted molar refractivity (Wildman–Crippen MR) is 67.8 cm³/mol. The summed E-state index contributed by atoms with van der Waals surface area (Å²) in [5.74, 6) is 0.799. The number of nitrogens with zero attached hydrogens (tertiary/aromatic N) is 1. The van der Waals surface area contributed by atoms with Gasteiger partial charge < -0.3 is 0 Å². The van der Waals surface area contributed by atoms with Crippen LogP contribution in [-0.4, -0.2) is 10.5 Å². The van der Waals surface area contributed by atoms with Gasteiger partial charge in [-0.3, -0.25) is 0 Å². The highest BCUT2D eigenvalue weighted by Crippen LogP contribution is 2.41. The Balaban J connectivity index is 2.23. The fourth-order valence-electron chi connectivity index (χ4n) is 1.94. The number of halogens is 2. The highest BCUT2D eigenvalue weighted by atomic mass is 79.9. The molecule has 0 aliphatic carbocycles. The number of hydrogen-bond acceptors (Lipinski definition) is 2. The van der Waals surface area contributed by atoms with Gasteiger partial charge in [-0.2, -0.15) is 5.26 Å². The second-order valence-electron chi connectivity index (χ2n) is 3.97. The Morgan fingerprint density at radius 3 is 2.94 bits per heavy atom. The van der Waals surface area contributed by atoms with Gasteiger partial charge in [-0.25, -0.2) is 4.39 Å². The average Bonchev–Trinajstić information content (AvgIpc) is 2.72. The molecule has 1 aromatic carbocycles. The lowest BCUT2D eigenvalue weighted by molar-refractivity contribution is 0.623. The van der Waals surface area contributed by atoms with Crippen LogP contribution in [0.15, 0.2) is 22.7 Å². The quantitative estimate of drug-likeness (QED) is 0.826. The molecule has 0 N–H and O–H groups in total. The molecule has 1 fully saturated rings. The van der Waals surface area contributed by atoms with Crippen molar-refractivity contribution in [3.05, 3.63) is 34.1 Å². The molecule has 1 nitrogen and oxygen atoms in total. The Bertz CT molecular complexity index is 435. The van der Waals surface area contributed by atoms with Crippen LogP contribution in [0, 0.1) is 17.1 Å². The molecular formula is C12H11BrFNS. The molecule has 0 spiro atoms. The topological polar surface area (TPSA) is 23.8 Å². The monoisotopic (exact) mass is 299 g/mol. The van der Waals surface area contributed by atoms with Crippen LogP contribution in [-0.2, 0) is 6.42 Å². The summed E-state index contributed by atoms with van der Waals surface area (Å²) in [6.07, 6.45) is 2.71. The summed E-state index contributed by atoms with van der Waals surface area (Å²) in [6, 6.07) is 7.08. The number of nitriles is 1. The van der Waals surface area contributed by atoms with Crippen LogP contribution < -0.4 is 0 Å². The molecule has 2 rings (SSSR count). The molecule has 0 saturated carbocycles. The van der Waals surface area contributed by atoms with E-state index in [-0.39, 0.29) is 10.6 Å². The van der Waals surface area contributed by atoms with Crippen LogP contribution in [0.4, 0.5) is 4.39 Å². The van der Waals surface area contributed by atoms with Crippen molar-refractivity contribution in [3.63, 3.8) is 0 Å². The van der Waals surface area contributed by atoms with E-state index in [1.165, 1.54) is 12.1 Å². The molecule has 1 heterocycles. The standard InChI is InChI=1S/C12H11BrFNS/c13-11-6-10(14)3-2-9(11)7-12(8-15)4-1-5-16-12/h2-3,6H,1,4-5,7H2. The molecule has 0 bridgehead atoms. The smallest absolute Gasteiger partial charge is 0.124 e. The maximum absolute atomic E-state index is 12.9. The van der Waals surface area contributed by atoms with Crippen LogP contribution in [0.3, 0.4) is 0 Å². The lowest BCUT2D eigenvalue weighted by Gasteiger charge is -2.19. The third-order valence-electron chi connectivity index (χ3n) is 2.80. The zero-order valence-electron chi connectivity index (χ0n) is 8.67. The first kappa shape index (κ1) is 11.9. The van der Waals surface area contributed by atoms with Crippen molar-refractivity contribution in [2.24, 2.45) is 0 Å². The predicted octanol–water partition coefficient (Wildman–Crippen LogP) is 3.92. The summed E-state index contributed by atoms with van der Waals surface area (Å²) in [4.78, 5) is 0. The molecule has 1 unspecified atom stereocenters. The molecule has 1 aliphatic heterocycles. The first-order chi connectivity index (χ1) is 7.65. The maximum Gasteiger partial charge on any atom is 0.124 e. The summed E-state index contributed by atoms with van der Waals surface area (Å²) in [6.45, 7) is 0. The fraction of sp³-hybridized carbons (Fsp3) is 0.417. The molecule has 4 heteroatoms. The van der Waals surface area contributed by atoms with Crippen molar-refractivity contribution in [3.8, 4) is 6.07 Å². The van der Waals surface area contributed by atoms with E-state index in [4.69, 9.17) is 0 Å². The van der Waals surface area contributed by atoms with E-state index in [0.29, 0.717) is 6.42 Å². The fourth-order valence-corrected chi connectivity index (χ4v) is 3.72. The van der Waals surface area contributed by atoms with Crippen LogP contribution >= 0.6 is 27.7 Å². The lowest BCUT2D eigenvalue weighted by Crippen LogP contribution is -2.21. The van der Waals surface area contributed by atoms with Gasteiger partial charge >= 0.3 is 0 Å². The zero-order chi connectivity index (χ0) is 11.6. The Kier molecular flexibility index (Phi) is 3.56. The highest BCUT2D eigenvalue weighted by molar-refractivity contribution is 9.10. The molecule has 84 valence electrons. The number of benzene rings is 1. The van der Waals surface area contributed by atoms with Gasteiger partial charge in [0.1, 0.15) is 10.6 Å². The molecule has 0 amide bonds. The minimum Gasteiger partial charge on any atom is -0.207 e. The molecule has 1 aliphatic rings. The van der Waals surface area contributed by atoms with Crippen LogP contribution in [0.1, 0.15) is 18.4 Å². The van der Waals surface area contributed by atoms with Crippen molar-refractivity contribution >= 4 is 27.7 Å². The van der Waals surface area contributed by atoms with Gasteiger partial charge in [-0.1, -0.05) is 22.0 Å². The summed E-state index contributed by atoms with van der Waals surface area (Å²) >= 11 is 5.07. The van der Waals surface area contributed by atoms with Gasteiger partial charge in [0.2, 0.25) is 0 Å². The van der Waals surface area contributed by atoms with E-state index in [1.54, 1.807) is 17.8 Å². The van der Waals surface area contributed by atoms with E-state index in [2.05, 4.69) is 22.0 Å². The normalized spacial score (nSPS) is 24.3. The van der Waals surface area contributed by atoms with Gasteiger partial charge in [-0.15, -0.1) is 11.8 Å². The molecule has 16 heavy (non-hydrogen) atoms. The average molecular weight is 300 g/mol. The van der Waals surface area contributed by atoms with Crippen molar-refractivity contribution in [2.75, 3.05) is 5.75 Å². The second kappa shape index (κ2) is 4.77. The first-order valence-electron chi connectivity index (χ1n) is 5.14. The van der Waals surface area contributed by atoms with Crippen molar-refractivity contribution in [1.82, 2.24) is 0 Å². The van der Waals surface area contributed by atoms with Crippen LogP contribution in [0.2, 0.25) is 0 Å². The first-order valence-corrected chi connectivity index (χ1v) is 6.92. The Morgan fingerprint density at radius 2 is 2.38 bits per heavy atom. The number of hydrogen-bond donors (Lipinski definition) is 0. The molecule has 1 atom stereocenters. The van der Waals surface area contributed by atoms with E-state index in [0.717, 1.165) is 28.6 Å². The number of thioether (sulfide) groups is 1. The second-order valence-corrected chi connectivity index (χ2v) is 6.30. The van der Waals surface area contributed by atoms with Crippen LogP contribution in [0.25, 0.3) is 0 Å². The van der Waals surface area contributed by atoms with Gasteiger partial charge in [0, 0.05) is 10.9 Å². The lowest BCUT2D eigenvalue weighted by atomic mass is 9.96. The SMILES string of the molecule is N#CC1(Cc2ccc(F)cc2Br)CCCS1. The zero-order valence-corrected chi connectivity index (χ0v) is 11.1. The van der Waals surface area contributed by atoms with Gasteiger partial charge in [0.25, 0.3) is 0 Å². The largest absolute Gasteiger partial charge is 0.207 e. The Labute approximate surface area is 107 Å². The summed E-state index contributed by atoms with van der Waals surface area (Å²) in [5.41, 5.74) is 1.01. The van der Waals surface area contributed by atoms with E-state index in [9.17, 15) is 9.65 Å². The molecular weight excluding hydrogens is 289 g/mol. The van der Waals surface area contributed by atoms with E-state index >= 15 is 0 Å². The Morgan fingerprint density at radius 1 is 1.56 bits per heavy atom. The van der Waals surface area contributed by atoms with Crippen molar-refractivity contribution in [1.29, 1.82) is 5.26 Å². The van der Waals surface area contributed by atoms with Gasteiger partial charge in [-0.05, 0) is 36.3 Å². The highest BCUT2D eigenvalue weighted by Gasteiger charge is 2.35. The summed E-state index contributed by atoms with van der Waals surface area (Å²) in [7, 11) is 0. The van der Waals surface area contributed by atoms with E-state index in [1.807, 2.05) is 0 Å². The van der Waals surface area contributed by atoms with Crippen molar-refractivity contribution < 1.29 is 4.39 Å². The maximum atomic E-state index is 12.9. The minimum atomic E-state index is -0.305. The number of rotatable bonds is 2. The minimum absolute atomic E-state index is 0.249. The van der Waals surface area contributed by atoms with Gasteiger partial charge in [0.05, 0.1) is 6.07 Å².